The summed E-state index contributed by atoms with van der Waals surface area (Å²) in [6, 6.07) is 8.23. The minimum absolute atomic E-state index is 0.616. The molecule has 0 saturated carbocycles. The third-order valence-corrected chi connectivity index (χ3v) is 1.55. The van der Waals surface area contributed by atoms with Crippen LogP contribution in [-0.4, -0.2) is 0 Å². The highest BCUT2D eigenvalue weighted by Gasteiger charge is 1.88. The average molecular weight is 147 g/mol. The molecule has 0 saturated heterocycles. The molecule has 0 unspecified atom stereocenters. The summed E-state index contributed by atoms with van der Waals surface area (Å²) in [6.07, 6.45) is 4.09. The van der Waals surface area contributed by atoms with Crippen LogP contribution in [0.4, 0.5) is 0 Å². The first-order chi connectivity index (χ1) is 5.36. The molecule has 0 atom stereocenters. The van der Waals surface area contributed by atoms with Crippen molar-refractivity contribution in [3.8, 4) is 0 Å². The van der Waals surface area contributed by atoms with Crippen LogP contribution < -0.4 is 5.73 Å². The second-order valence-corrected chi connectivity index (χ2v) is 2.45. The molecule has 0 fully saturated rings. The van der Waals surface area contributed by atoms with Crippen molar-refractivity contribution in [1.29, 1.82) is 0 Å². The summed E-state index contributed by atoms with van der Waals surface area (Å²) in [5, 5.41) is 0. The van der Waals surface area contributed by atoms with Crippen LogP contribution >= 0.6 is 0 Å². The minimum Gasteiger partial charge on any atom is -0.326 e. The quantitative estimate of drug-likeness (QED) is 0.681. The molecule has 0 bridgehead atoms. The van der Waals surface area contributed by atoms with E-state index in [4.69, 9.17) is 5.73 Å². The van der Waals surface area contributed by atoms with E-state index >= 15 is 0 Å². The summed E-state index contributed by atoms with van der Waals surface area (Å²) in [7, 11) is 0. The van der Waals surface area contributed by atoms with Crippen LogP contribution in [0.2, 0.25) is 0 Å². The van der Waals surface area contributed by atoms with Gasteiger partial charge in [0.2, 0.25) is 0 Å². The Morgan fingerprint density at radius 3 is 2.91 bits per heavy atom. The Kier molecular flexibility index (Phi) is 2.87. The summed E-state index contributed by atoms with van der Waals surface area (Å²) >= 11 is 0. The summed E-state index contributed by atoms with van der Waals surface area (Å²) in [5.41, 5.74) is 7.89. The monoisotopic (exact) mass is 147 g/mol. The Labute approximate surface area is 67.5 Å². The van der Waals surface area contributed by atoms with Crippen LogP contribution in [0.15, 0.2) is 30.3 Å². The summed E-state index contributed by atoms with van der Waals surface area (Å²) in [6.45, 7) is 2.63. The van der Waals surface area contributed by atoms with Crippen LogP contribution in [0.3, 0.4) is 0 Å². The van der Waals surface area contributed by atoms with Crippen molar-refractivity contribution >= 4 is 6.08 Å². The van der Waals surface area contributed by atoms with Gasteiger partial charge in [-0.15, -0.1) is 0 Å². The first-order valence-electron chi connectivity index (χ1n) is 3.78. The molecule has 1 aromatic rings. The zero-order valence-corrected chi connectivity index (χ0v) is 6.75. The van der Waals surface area contributed by atoms with Crippen LogP contribution in [-0.2, 0) is 6.54 Å². The molecule has 2 N–H and O–H groups in total. The predicted molar refractivity (Wildman–Crippen MR) is 49.0 cm³/mol. The van der Waals surface area contributed by atoms with Gasteiger partial charge in [-0.05, 0) is 18.1 Å². The van der Waals surface area contributed by atoms with Crippen molar-refractivity contribution in [2.75, 3.05) is 0 Å². The van der Waals surface area contributed by atoms with Gasteiger partial charge in [0.25, 0.3) is 0 Å². The number of benzene rings is 1. The SMILES string of the molecule is C/C=C\c1cccc(CN)c1. The Morgan fingerprint density at radius 1 is 1.45 bits per heavy atom. The van der Waals surface area contributed by atoms with Gasteiger partial charge in [-0.25, -0.2) is 0 Å². The summed E-state index contributed by atoms with van der Waals surface area (Å²) < 4.78 is 0. The Hall–Kier alpha value is -1.08. The van der Waals surface area contributed by atoms with Crippen LogP contribution in [0.1, 0.15) is 18.1 Å². The van der Waals surface area contributed by atoms with Gasteiger partial charge in [0.15, 0.2) is 0 Å². The van der Waals surface area contributed by atoms with Gasteiger partial charge in [0.05, 0.1) is 0 Å². The molecule has 0 aromatic heterocycles. The molecule has 0 amide bonds. The van der Waals surface area contributed by atoms with E-state index in [1.165, 1.54) is 11.1 Å². The number of rotatable bonds is 2. The molecule has 0 aliphatic carbocycles. The molecule has 11 heavy (non-hydrogen) atoms. The minimum atomic E-state index is 0.616. The lowest BCUT2D eigenvalue weighted by molar-refractivity contribution is 1.07. The third kappa shape index (κ3) is 2.20. The zero-order chi connectivity index (χ0) is 8.10. The lowest BCUT2D eigenvalue weighted by Crippen LogP contribution is -1.95. The maximum atomic E-state index is 5.49. The van der Waals surface area contributed by atoms with E-state index < -0.39 is 0 Å². The smallest absolute Gasteiger partial charge is 0.0178 e. The fourth-order valence-electron chi connectivity index (χ4n) is 1.02. The van der Waals surface area contributed by atoms with E-state index in [9.17, 15) is 0 Å². The van der Waals surface area contributed by atoms with Crippen LogP contribution in [0.25, 0.3) is 6.08 Å². The topological polar surface area (TPSA) is 26.0 Å². The van der Waals surface area contributed by atoms with Crippen molar-refractivity contribution in [3.05, 3.63) is 41.5 Å². The fraction of sp³-hybridized carbons (Fsp3) is 0.200. The van der Waals surface area contributed by atoms with Crippen LogP contribution in [0.5, 0.6) is 0 Å². The summed E-state index contributed by atoms with van der Waals surface area (Å²) in [5.74, 6) is 0. The van der Waals surface area contributed by atoms with Gasteiger partial charge >= 0.3 is 0 Å². The first-order valence-corrected chi connectivity index (χ1v) is 3.78. The second-order valence-electron chi connectivity index (χ2n) is 2.45. The average Bonchev–Trinajstić information content (AvgIpc) is 2.06. The summed E-state index contributed by atoms with van der Waals surface area (Å²) in [4.78, 5) is 0. The molecule has 0 aliphatic rings. The van der Waals surface area contributed by atoms with Crippen LogP contribution in [0, 0.1) is 0 Å². The van der Waals surface area contributed by atoms with E-state index in [0.717, 1.165) is 0 Å². The first kappa shape index (κ1) is 8.02. The molecule has 1 aromatic carbocycles. The normalized spacial score (nSPS) is 10.7. The van der Waals surface area contributed by atoms with Crippen molar-refractivity contribution < 1.29 is 0 Å². The molecular formula is C10H13N. The number of allylic oxidation sites excluding steroid dienone is 1. The number of hydrogen-bond donors (Lipinski definition) is 1. The molecular weight excluding hydrogens is 134 g/mol. The van der Waals surface area contributed by atoms with Gasteiger partial charge in [-0.3, -0.25) is 0 Å². The highest BCUT2D eigenvalue weighted by atomic mass is 14.5. The van der Waals surface area contributed by atoms with Gasteiger partial charge in [0.1, 0.15) is 0 Å². The lowest BCUT2D eigenvalue weighted by Gasteiger charge is -1.97. The maximum Gasteiger partial charge on any atom is 0.0178 e. The Morgan fingerprint density at radius 2 is 2.27 bits per heavy atom. The van der Waals surface area contributed by atoms with E-state index in [0.29, 0.717) is 6.54 Å². The maximum absolute atomic E-state index is 5.49. The molecule has 0 spiro atoms. The van der Waals surface area contributed by atoms with E-state index in [-0.39, 0.29) is 0 Å². The third-order valence-electron chi connectivity index (χ3n) is 1.55. The van der Waals surface area contributed by atoms with Crippen molar-refractivity contribution in [2.24, 2.45) is 5.73 Å². The van der Waals surface area contributed by atoms with Crippen molar-refractivity contribution in [1.82, 2.24) is 0 Å². The number of hydrogen-bond acceptors (Lipinski definition) is 1. The largest absolute Gasteiger partial charge is 0.326 e. The Balaban J connectivity index is 2.91. The Bertz CT molecular complexity index is 251. The van der Waals surface area contributed by atoms with E-state index in [2.05, 4.69) is 18.2 Å². The van der Waals surface area contributed by atoms with Gasteiger partial charge in [0, 0.05) is 6.54 Å². The zero-order valence-electron chi connectivity index (χ0n) is 6.75. The highest BCUT2D eigenvalue weighted by Crippen LogP contribution is 2.05. The van der Waals surface area contributed by atoms with Gasteiger partial charge in [-0.2, -0.15) is 0 Å². The molecule has 1 heteroatoms. The van der Waals surface area contributed by atoms with E-state index in [1.54, 1.807) is 0 Å². The standard InChI is InChI=1S/C10H13N/c1-2-4-9-5-3-6-10(7-9)8-11/h2-7H,8,11H2,1H3/b4-2-. The highest BCUT2D eigenvalue weighted by molar-refractivity contribution is 5.49. The molecule has 1 nitrogen and oxygen atoms in total. The van der Waals surface area contributed by atoms with Crippen molar-refractivity contribution in [3.63, 3.8) is 0 Å². The molecule has 0 aliphatic heterocycles. The fourth-order valence-corrected chi connectivity index (χ4v) is 1.02. The lowest BCUT2D eigenvalue weighted by atomic mass is 10.1. The van der Waals surface area contributed by atoms with E-state index in [1.807, 2.05) is 25.1 Å². The molecule has 0 radical (unpaired) electrons. The number of nitrogens with two attached hydrogens (primary N) is 1. The van der Waals surface area contributed by atoms with Gasteiger partial charge in [-0.1, -0.05) is 36.4 Å². The molecule has 58 valence electrons. The van der Waals surface area contributed by atoms with Gasteiger partial charge < -0.3 is 5.73 Å². The predicted octanol–water partition coefficient (Wildman–Crippen LogP) is 2.18. The molecule has 1 rings (SSSR count). The second kappa shape index (κ2) is 3.94. The van der Waals surface area contributed by atoms with Crippen molar-refractivity contribution in [2.45, 2.75) is 13.5 Å². The molecule has 0 heterocycles.